The number of pyridine rings is 1. The Hall–Kier alpha value is -1.91. The second kappa shape index (κ2) is 8.51. The maximum absolute atomic E-state index is 11.6. The molecule has 1 heterocycles. The van der Waals surface area contributed by atoms with Crippen molar-refractivity contribution in [2.24, 2.45) is 5.41 Å². The third kappa shape index (κ3) is 7.20. The van der Waals surface area contributed by atoms with Crippen LogP contribution in [0.15, 0.2) is 18.2 Å². The lowest BCUT2D eigenvalue weighted by atomic mass is 9.96. The van der Waals surface area contributed by atoms with E-state index in [4.69, 9.17) is 4.74 Å². The lowest BCUT2D eigenvalue weighted by Crippen LogP contribution is -2.36. The molecule has 0 aromatic carbocycles. The molecule has 122 valence electrons. The predicted molar refractivity (Wildman–Crippen MR) is 85.3 cm³/mol. The average Bonchev–Trinajstić information content (AvgIpc) is 2.42. The van der Waals surface area contributed by atoms with Crippen LogP contribution >= 0.6 is 0 Å². The number of rotatable bonds is 7. The number of nitrogens with one attached hydrogen (secondary N) is 1. The van der Waals surface area contributed by atoms with Crippen molar-refractivity contribution in [3.8, 4) is 0 Å². The fraction of sp³-hybridized carbons (Fsp3) is 0.588. The molecule has 0 saturated heterocycles. The maximum Gasteiger partial charge on any atom is 0.307 e. The van der Waals surface area contributed by atoms with Crippen molar-refractivity contribution in [2.45, 2.75) is 47.0 Å². The number of nitrogens with zero attached hydrogens (tertiary/aromatic N) is 1. The highest BCUT2D eigenvalue weighted by Gasteiger charge is 2.20. The minimum Gasteiger partial charge on any atom is -0.466 e. The summed E-state index contributed by atoms with van der Waals surface area (Å²) in [5.74, 6) is -0.350. The summed E-state index contributed by atoms with van der Waals surface area (Å²) in [5, 5.41) is 2.73. The van der Waals surface area contributed by atoms with Gasteiger partial charge >= 0.3 is 5.97 Å². The number of ether oxygens (including phenoxy) is 1. The summed E-state index contributed by atoms with van der Waals surface area (Å²) < 4.78 is 5.14. The van der Waals surface area contributed by atoms with Crippen LogP contribution < -0.4 is 5.32 Å². The zero-order chi connectivity index (χ0) is 16.6. The quantitative estimate of drug-likeness (QED) is 0.620. The third-order valence-corrected chi connectivity index (χ3v) is 3.08. The molecule has 1 rings (SSSR count). The second-order valence-electron chi connectivity index (χ2n) is 6.35. The van der Waals surface area contributed by atoms with E-state index in [9.17, 15) is 9.59 Å². The van der Waals surface area contributed by atoms with E-state index in [2.05, 4.69) is 10.3 Å². The van der Waals surface area contributed by atoms with Crippen molar-refractivity contribution in [3.05, 3.63) is 29.6 Å². The molecule has 0 atom stereocenters. The van der Waals surface area contributed by atoms with Crippen molar-refractivity contribution in [1.29, 1.82) is 0 Å². The Bertz CT molecular complexity index is 507. The molecule has 0 fully saturated rings. The zero-order valence-corrected chi connectivity index (χ0v) is 13.9. The van der Waals surface area contributed by atoms with Gasteiger partial charge in [0.15, 0.2) is 0 Å². The molecule has 0 spiro atoms. The number of esters is 1. The highest BCUT2D eigenvalue weighted by molar-refractivity contribution is 5.81. The van der Waals surface area contributed by atoms with E-state index in [1.54, 1.807) is 0 Å². The van der Waals surface area contributed by atoms with Crippen molar-refractivity contribution >= 4 is 11.9 Å². The lowest BCUT2D eigenvalue weighted by molar-refractivity contribution is -0.143. The van der Waals surface area contributed by atoms with E-state index in [0.717, 1.165) is 24.2 Å². The Morgan fingerprint density at radius 1 is 1.27 bits per heavy atom. The average molecular weight is 306 g/mol. The summed E-state index contributed by atoms with van der Waals surface area (Å²) in [6, 6.07) is 5.90. The van der Waals surface area contributed by atoms with E-state index in [1.807, 2.05) is 45.9 Å². The largest absolute Gasteiger partial charge is 0.466 e. The Balaban J connectivity index is 2.12. The molecule has 0 aliphatic carbocycles. The van der Waals surface area contributed by atoms with Crippen LogP contribution in [-0.2, 0) is 20.7 Å². The van der Waals surface area contributed by atoms with E-state index in [1.165, 1.54) is 0 Å². The third-order valence-electron chi connectivity index (χ3n) is 3.08. The number of amides is 1. The fourth-order valence-electron chi connectivity index (χ4n) is 1.79. The van der Waals surface area contributed by atoms with Crippen molar-refractivity contribution in [1.82, 2.24) is 10.3 Å². The van der Waals surface area contributed by atoms with E-state index in [0.29, 0.717) is 13.2 Å². The molecule has 22 heavy (non-hydrogen) atoms. The number of hydrogen-bond acceptors (Lipinski definition) is 4. The Labute approximate surface area is 132 Å². The standard InChI is InChI=1S/C17H26N2O3/c1-13-7-5-8-14(19-13)9-6-12-22-15(20)10-11-18-16(21)17(2,3)4/h5,7-8H,6,9-12H2,1-4H3,(H,18,21). The fourth-order valence-corrected chi connectivity index (χ4v) is 1.79. The van der Waals surface area contributed by atoms with E-state index in [-0.39, 0.29) is 18.3 Å². The molecule has 1 N–H and O–H groups in total. The first-order valence-corrected chi connectivity index (χ1v) is 7.65. The molecular formula is C17H26N2O3. The number of aromatic nitrogens is 1. The smallest absolute Gasteiger partial charge is 0.307 e. The first-order valence-electron chi connectivity index (χ1n) is 7.65. The second-order valence-corrected chi connectivity index (χ2v) is 6.35. The molecule has 5 heteroatoms. The van der Waals surface area contributed by atoms with E-state index >= 15 is 0 Å². The van der Waals surface area contributed by atoms with Gasteiger partial charge in [-0.05, 0) is 31.9 Å². The van der Waals surface area contributed by atoms with E-state index < -0.39 is 5.41 Å². The molecule has 0 radical (unpaired) electrons. The number of carbonyl (C=O) groups is 2. The van der Waals surface area contributed by atoms with Crippen LogP contribution in [0.2, 0.25) is 0 Å². The van der Waals surface area contributed by atoms with Crippen LogP contribution in [0.1, 0.15) is 45.0 Å². The molecule has 0 bridgehead atoms. The van der Waals surface area contributed by atoms with Gasteiger partial charge < -0.3 is 10.1 Å². The lowest BCUT2D eigenvalue weighted by Gasteiger charge is -2.17. The Kier molecular flexibility index (Phi) is 7.02. The van der Waals surface area contributed by atoms with Crippen LogP contribution in [0.25, 0.3) is 0 Å². The molecule has 5 nitrogen and oxygen atoms in total. The Morgan fingerprint density at radius 2 is 2.00 bits per heavy atom. The van der Waals surface area contributed by atoms with Gasteiger partial charge in [0.25, 0.3) is 0 Å². The molecule has 0 aliphatic heterocycles. The van der Waals surface area contributed by atoms with Crippen LogP contribution in [0.4, 0.5) is 0 Å². The minimum absolute atomic E-state index is 0.0641. The van der Waals surface area contributed by atoms with Gasteiger partial charge in [0, 0.05) is 23.3 Å². The van der Waals surface area contributed by atoms with Crippen LogP contribution in [-0.4, -0.2) is 30.0 Å². The summed E-state index contributed by atoms with van der Waals surface area (Å²) in [6.45, 7) is 8.14. The van der Waals surface area contributed by atoms with Gasteiger partial charge in [-0.25, -0.2) is 0 Å². The van der Waals surface area contributed by atoms with Crippen molar-refractivity contribution < 1.29 is 14.3 Å². The summed E-state index contributed by atoms with van der Waals surface area (Å²) in [7, 11) is 0. The summed E-state index contributed by atoms with van der Waals surface area (Å²) in [6.07, 6.45) is 1.73. The van der Waals surface area contributed by atoms with Gasteiger partial charge in [0.05, 0.1) is 13.0 Å². The first kappa shape index (κ1) is 18.1. The number of carbonyl (C=O) groups excluding carboxylic acids is 2. The van der Waals surface area contributed by atoms with Crippen molar-refractivity contribution in [2.75, 3.05) is 13.2 Å². The monoisotopic (exact) mass is 306 g/mol. The molecule has 0 saturated carbocycles. The molecule has 1 aromatic rings. The summed E-state index contributed by atoms with van der Waals surface area (Å²) >= 11 is 0. The predicted octanol–water partition coefficient (Wildman–Crippen LogP) is 2.42. The zero-order valence-electron chi connectivity index (χ0n) is 13.9. The number of hydrogen-bond donors (Lipinski definition) is 1. The van der Waals surface area contributed by atoms with Crippen LogP contribution in [0.3, 0.4) is 0 Å². The van der Waals surface area contributed by atoms with Gasteiger partial charge in [-0.15, -0.1) is 0 Å². The Morgan fingerprint density at radius 3 is 2.64 bits per heavy atom. The van der Waals surface area contributed by atoms with Crippen LogP contribution in [0, 0.1) is 12.3 Å². The highest BCUT2D eigenvalue weighted by atomic mass is 16.5. The van der Waals surface area contributed by atoms with Crippen LogP contribution in [0.5, 0.6) is 0 Å². The van der Waals surface area contributed by atoms with Crippen molar-refractivity contribution in [3.63, 3.8) is 0 Å². The van der Waals surface area contributed by atoms with Gasteiger partial charge in [0.2, 0.25) is 5.91 Å². The maximum atomic E-state index is 11.6. The topological polar surface area (TPSA) is 68.3 Å². The SMILES string of the molecule is Cc1cccc(CCCOC(=O)CCNC(=O)C(C)(C)C)n1. The van der Waals surface area contributed by atoms with Gasteiger partial charge in [-0.2, -0.15) is 0 Å². The summed E-state index contributed by atoms with van der Waals surface area (Å²) in [4.78, 5) is 27.6. The minimum atomic E-state index is -0.440. The summed E-state index contributed by atoms with van der Waals surface area (Å²) in [5.41, 5.74) is 1.56. The highest BCUT2D eigenvalue weighted by Crippen LogP contribution is 2.12. The molecule has 0 unspecified atom stereocenters. The van der Waals surface area contributed by atoms with Gasteiger partial charge in [-0.3, -0.25) is 14.6 Å². The first-order chi connectivity index (χ1) is 10.3. The molecule has 1 aromatic heterocycles. The normalized spacial score (nSPS) is 11.1. The molecule has 1 amide bonds. The number of aryl methyl sites for hydroxylation is 2. The molecular weight excluding hydrogens is 280 g/mol. The van der Waals surface area contributed by atoms with Gasteiger partial charge in [0.1, 0.15) is 0 Å². The molecule has 0 aliphatic rings. The van der Waals surface area contributed by atoms with Gasteiger partial charge in [-0.1, -0.05) is 26.8 Å².